The highest BCUT2D eigenvalue weighted by atomic mass is 32.1. The Morgan fingerprint density at radius 2 is 2.27 bits per heavy atom. The summed E-state index contributed by atoms with van der Waals surface area (Å²) in [5.74, 6) is 1.19. The third kappa shape index (κ3) is 2.81. The van der Waals surface area contributed by atoms with Crippen molar-refractivity contribution in [3.05, 3.63) is 21.9 Å². The Morgan fingerprint density at radius 1 is 1.40 bits per heavy atom. The fraction of sp³-hybridized carbons (Fsp3) is 0.583. The first kappa shape index (κ1) is 10.7. The van der Waals surface area contributed by atoms with Gasteiger partial charge in [0.05, 0.1) is 11.9 Å². The second kappa shape index (κ2) is 4.79. The number of nitrogens with one attached hydrogen (secondary N) is 1. The lowest BCUT2D eigenvalue weighted by atomic mass is 10.1. The number of hydrogen-bond acceptors (Lipinski definition) is 3. The third-order valence-corrected chi connectivity index (χ3v) is 3.88. The van der Waals surface area contributed by atoms with E-state index in [2.05, 4.69) is 36.3 Å². The van der Waals surface area contributed by atoms with Gasteiger partial charge in [0.15, 0.2) is 0 Å². The third-order valence-electron chi connectivity index (χ3n) is 2.70. The molecule has 0 amide bonds. The predicted octanol–water partition coefficient (Wildman–Crippen LogP) is 3.29. The van der Waals surface area contributed by atoms with Crippen LogP contribution in [0.5, 0.6) is 0 Å². The molecule has 82 valence electrons. The van der Waals surface area contributed by atoms with Crippen LogP contribution in [0.15, 0.2) is 17.1 Å². The Balaban J connectivity index is 1.97. The van der Waals surface area contributed by atoms with E-state index < -0.39 is 0 Å². The van der Waals surface area contributed by atoms with Crippen molar-refractivity contribution >= 4 is 17.2 Å². The van der Waals surface area contributed by atoms with E-state index in [0.717, 1.165) is 13.0 Å². The van der Waals surface area contributed by atoms with Crippen molar-refractivity contribution in [3.8, 4) is 0 Å². The van der Waals surface area contributed by atoms with Crippen LogP contribution in [0.2, 0.25) is 0 Å². The van der Waals surface area contributed by atoms with Crippen LogP contribution in [0, 0.1) is 6.92 Å². The summed E-state index contributed by atoms with van der Waals surface area (Å²) in [6, 6.07) is 4.79. The molecule has 0 aromatic carbocycles. The molecule has 1 atom stereocenters. The minimum absolute atomic E-state index is 0.403. The number of thiophene rings is 1. The molecule has 15 heavy (non-hydrogen) atoms. The van der Waals surface area contributed by atoms with Crippen LogP contribution in [0.4, 0.5) is 0 Å². The van der Waals surface area contributed by atoms with Gasteiger partial charge in [-0.3, -0.25) is 4.99 Å². The van der Waals surface area contributed by atoms with Crippen LogP contribution < -0.4 is 5.32 Å². The highest BCUT2D eigenvalue weighted by Crippen LogP contribution is 2.22. The standard InChI is InChI=1S/C12H18N2S/c1-9-6-7-11(15-9)10(2)14-12-5-3-4-8-13-12/h6-7,10H,3-5,8H2,1-2H3,(H,13,14). The normalized spacial score (nSPS) is 18.4. The molecule has 2 rings (SSSR count). The molecule has 0 radical (unpaired) electrons. The van der Waals surface area contributed by atoms with E-state index in [1.165, 1.54) is 28.4 Å². The fourth-order valence-electron chi connectivity index (χ4n) is 1.82. The highest BCUT2D eigenvalue weighted by Gasteiger charge is 2.11. The van der Waals surface area contributed by atoms with Gasteiger partial charge in [-0.25, -0.2) is 0 Å². The fourth-order valence-corrected chi connectivity index (χ4v) is 2.70. The molecule has 2 nitrogen and oxygen atoms in total. The molecule has 1 N–H and O–H groups in total. The smallest absolute Gasteiger partial charge is 0.0968 e. The van der Waals surface area contributed by atoms with Crippen molar-refractivity contribution in [2.45, 2.75) is 39.2 Å². The molecule has 0 fully saturated rings. The highest BCUT2D eigenvalue weighted by molar-refractivity contribution is 7.12. The number of amidine groups is 1. The maximum absolute atomic E-state index is 4.51. The summed E-state index contributed by atoms with van der Waals surface area (Å²) in [4.78, 5) is 7.29. The van der Waals surface area contributed by atoms with E-state index in [9.17, 15) is 0 Å². The zero-order chi connectivity index (χ0) is 10.7. The second-order valence-electron chi connectivity index (χ2n) is 4.10. The number of rotatable bonds is 2. The Morgan fingerprint density at radius 3 is 2.87 bits per heavy atom. The van der Waals surface area contributed by atoms with E-state index in [1.54, 1.807) is 0 Å². The molecular formula is C12H18N2S. The van der Waals surface area contributed by atoms with Crippen LogP contribution in [-0.4, -0.2) is 12.4 Å². The van der Waals surface area contributed by atoms with Crippen molar-refractivity contribution in [3.63, 3.8) is 0 Å². The Hall–Kier alpha value is -0.830. The molecule has 1 unspecified atom stereocenters. The molecule has 0 spiro atoms. The largest absolute Gasteiger partial charge is 0.367 e. The number of hydrogen-bond donors (Lipinski definition) is 1. The van der Waals surface area contributed by atoms with E-state index in [1.807, 2.05) is 11.3 Å². The van der Waals surface area contributed by atoms with Crippen molar-refractivity contribution < 1.29 is 0 Å². The summed E-state index contributed by atoms with van der Waals surface area (Å²) < 4.78 is 0. The number of aliphatic imine (C=N–C) groups is 1. The summed E-state index contributed by atoms with van der Waals surface area (Å²) in [7, 11) is 0. The average Bonchev–Trinajstić information content (AvgIpc) is 2.66. The van der Waals surface area contributed by atoms with Gasteiger partial charge in [-0.1, -0.05) is 0 Å². The molecule has 0 aliphatic carbocycles. The molecule has 1 aromatic heterocycles. The van der Waals surface area contributed by atoms with Crippen LogP contribution in [0.1, 0.15) is 42.0 Å². The first-order chi connectivity index (χ1) is 7.25. The van der Waals surface area contributed by atoms with Crippen LogP contribution in [-0.2, 0) is 0 Å². The van der Waals surface area contributed by atoms with Gasteiger partial charge in [0.1, 0.15) is 0 Å². The van der Waals surface area contributed by atoms with Gasteiger partial charge in [0.25, 0.3) is 0 Å². The van der Waals surface area contributed by atoms with Crippen molar-refractivity contribution in [2.75, 3.05) is 6.54 Å². The Bertz CT molecular complexity index is 354. The van der Waals surface area contributed by atoms with Crippen LogP contribution in [0.3, 0.4) is 0 Å². The monoisotopic (exact) mass is 222 g/mol. The maximum Gasteiger partial charge on any atom is 0.0968 e. The van der Waals surface area contributed by atoms with Gasteiger partial charge in [-0.05, 0) is 38.8 Å². The second-order valence-corrected chi connectivity index (χ2v) is 5.42. The summed E-state index contributed by atoms with van der Waals surface area (Å²) in [6.07, 6.45) is 3.65. The quantitative estimate of drug-likeness (QED) is 0.816. The molecular weight excluding hydrogens is 204 g/mol. The zero-order valence-electron chi connectivity index (χ0n) is 9.42. The lowest BCUT2D eigenvalue weighted by molar-refractivity contribution is 0.663. The average molecular weight is 222 g/mol. The Labute approximate surface area is 95.4 Å². The molecule has 1 aliphatic heterocycles. The molecule has 2 heterocycles. The van der Waals surface area contributed by atoms with Gasteiger partial charge in [-0.15, -0.1) is 11.3 Å². The van der Waals surface area contributed by atoms with Gasteiger partial charge < -0.3 is 5.32 Å². The minimum Gasteiger partial charge on any atom is -0.367 e. The van der Waals surface area contributed by atoms with Crippen molar-refractivity contribution in [2.24, 2.45) is 4.99 Å². The van der Waals surface area contributed by atoms with Crippen LogP contribution >= 0.6 is 11.3 Å². The SMILES string of the molecule is Cc1ccc(C(C)NC2=NCCCC2)s1. The first-order valence-electron chi connectivity index (χ1n) is 5.62. The summed E-state index contributed by atoms with van der Waals surface area (Å²) in [6.45, 7) is 5.36. The summed E-state index contributed by atoms with van der Waals surface area (Å²) in [5, 5.41) is 3.51. The van der Waals surface area contributed by atoms with Crippen LogP contribution in [0.25, 0.3) is 0 Å². The van der Waals surface area contributed by atoms with Gasteiger partial charge in [0.2, 0.25) is 0 Å². The first-order valence-corrected chi connectivity index (χ1v) is 6.43. The minimum atomic E-state index is 0.403. The summed E-state index contributed by atoms with van der Waals surface area (Å²) in [5.41, 5.74) is 0. The van der Waals surface area contributed by atoms with Crippen molar-refractivity contribution in [1.82, 2.24) is 5.32 Å². The maximum atomic E-state index is 4.51. The van der Waals surface area contributed by atoms with Crippen molar-refractivity contribution in [1.29, 1.82) is 0 Å². The number of nitrogens with zero attached hydrogens (tertiary/aromatic N) is 1. The predicted molar refractivity (Wildman–Crippen MR) is 66.8 cm³/mol. The lowest BCUT2D eigenvalue weighted by Crippen LogP contribution is -2.28. The van der Waals surface area contributed by atoms with Gasteiger partial charge in [0, 0.05) is 22.7 Å². The number of aryl methyl sites for hydroxylation is 1. The van der Waals surface area contributed by atoms with E-state index in [-0.39, 0.29) is 0 Å². The summed E-state index contributed by atoms with van der Waals surface area (Å²) >= 11 is 1.87. The molecule has 1 aliphatic rings. The molecule has 0 bridgehead atoms. The topological polar surface area (TPSA) is 24.4 Å². The van der Waals surface area contributed by atoms with E-state index >= 15 is 0 Å². The van der Waals surface area contributed by atoms with E-state index in [4.69, 9.17) is 0 Å². The molecule has 0 saturated heterocycles. The molecule has 1 aromatic rings. The molecule has 0 saturated carbocycles. The zero-order valence-corrected chi connectivity index (χ0v) is 10.2. The van der Waals surface area contributed by atoms with E-state index in [0.29, 0.717) is 6.04 Å². The van der Waals surface area contributed by atoms with Gasteiger partial charge >= 0.3 is 0 Å². The lowest BCUT2D eigenvalue weighted by Gasteiger charge is -2.18. The Kier molecular flexibility index (Phi) is 3.41. The molecule has 3 heteroatoms. The van der Waals surface area contributed by atoms with Gasteiger partial charge in [-0.2, -0.15) is 0 Å².